The molecule has 4 bridgehead atoms. The van der Waals surface area contributed by atoms with E-state index >= 15 is 0 Å². The molecule has 4 fully saturated rings. The van der Waals surface area contributed by atoms with Crippen LogP contribution in [0, 0.1) is 30.1 Å². The molecular formula is C25H29N3O2S. The van der Waals surface area contributed by atoms with Crippen LogP contribution in [0.15, 0.2) is 18.2 Å². The van der Waals surface area contributed by atoms with E-state index in [2.05, 4.69) is 27.8 Å². The molecule has 2 aromatic rings. The quantitative estimate of drug-likeness (QED) is 0.680. The maximum absolute atomic E-state index is 13.3. The van der Waals surface area contributed by atoms with Crippen molar-refractivity contribution in [3.8, 4) is 0 Å². The summed E-state index contributed by atoms with van der Waals surface area (Å²) in [7, 11) is 0. The van der Waals surface area contributed by atoms with E-state index in [1.807, 2.05) is 13.0 Å². The number of anilines is 2. The van der Waals surface area contributed by atoms with Crippen molar-refractivity contribution in [1.82, 2.24) is 4.98 Å². The fraction of sp³-hybridized carbons (Fsp3) is 0.560. The predicted octanol–water partition coefficient (Wildman–Crippen LogP) is 5.35. The first-order chi connectivity index (χ1) is 15.0. The van der Waals surface area contributed by atoms with Gasteiger partial charge in [-0.3, -0.25) is 9.59 Å². The van der Waals surface area contributed by atoms with Crippen molar-refractivity contribution >= 4 is 34.0 Å². The highest BCUT2D eigenvalue weighted by Crippen LogP contribution is 2.60. The Hall–Kier alpha value is -2.21. The first-order valence-corrected chi connectivity index (χ1v) is 12.5. The van der Waals surface area contributed by atoms with E-state index in [-0.39, 0.29) is 17.2 Å². The van der Waals surface area contributed by atoms with Gasteiger partial charge < -0.3 is 10.6 Å². The molecule has 1 aromatic heterocycles. The smallest absolute Gasteiger partial charge is 0.267 e. The van der Waals surface area contributed by atoms with Crippen molar-refractivity contribution in [2.45, 2.75) is 64.7 Å². The van der Waals surface area contributed by atoms with Crippen LogP contribution in [0.5, 0.6) is 0 Å². The van der Waals surface area contributed by atoms with Gasteiger partial charge in [-0.2, -0.15) is 0 Å². The maximum atomic E-state index is 13.3. The van der Waals surface area contributed by atoms with Crippen LogP contribution < -0.4 is 10.6 Å². The summed E-state index contributed by atoms with van der Waals surface area (Å²) in [6.07, 6.45) is 10.4. The van der Waals surface area contributed by atoms with Crippen LogP contribution in [0.3, 0.4) is 0 Å². The van der Waals surface area contributed by atoms with E-state index in [1.165, 1.54) is 48.1 Å². The number of aromatic nitrogens is 1. The van der Waals surface area contributed by atoms with Gasteiger partial charge in [0, 0.05) is 5.69 Å². The lowest BCUT2D eigenvalue weighted by molar-refractivity contribution is -0.140. The molecule has 0 aliphatic heterocycles. The zero-order chi connectivity index (χ0) is 21.2. The Bertz CT molecular complexity index is 1040. The summed E-state index contributed by atoms with van der Waals surface area (Å²) < 4.78 is 0. The standard InChI is InChI=1S/C25H29N3O2S/c1-14-21(22(29)27-20-6-5-18-3-2-4-19(18)10-20)31-24(26-14)28-23(30)25-11-15-7-16(12-25)9-17(8-15)13-25/h5-6,10,15-17H,2-4,7-9,11-13H2,1H3,(H,27,29)(H,26,28,30). The summed E-state index contributed by atoms with van der Waals surface area (Å²) >= 11 is 1.29. The molecule has 1 heterocycles. The fourth-order valence-corrected chi connectivity index (χ4v) is 7.97. The van der Waals surface area contributed by atoms with E-state index in [0.29, 0.717) is 15.7 Å². The predicted molar refractivity (Wildman–Crippen MR) is 123 cm³/mol. The van der Waals surface area contributed by atoms with Crippen LogP contribution >= 0.6 is 11.3 Å². The Balaban J connectivity index is 1.16. The van der Waals surface area contributed by atoms with Crippen molar-refractivity contribution in [2.75, 3.05) is 10.6 Å². The average Bonchev–Trinajstić information content (AvgIpc) is 3.32. The minimum absolute atomic E-state index is 0.130. The third-order valence-electron chi connectivity index (χ3n) is 8.10. The van der Waals surface area contributed by atoms with Gasteiger partial charge in [-0.1, -0.05) is 17.4 Å². The van der Waals surface area contributed by atoms with Crippen molar-refractivity contribution in [2.24, 2.45) is 23.2 Å². The summed E-state index contributed by atoms with van der Waals surface area (Å²) in [4.78, 5) is 31.3. The molecule has 4 saturated carbocycles. The second-order valence-electron chi connectivity index (χ2n) is 10.4. The van der Waals surface area contributed by atoms with E-state index in [0.717, 1.165) is 55.5 Å². The van der Waals surface area contributed by atoms with Gasteiger partial charge in [-0.05, 0) is 106 Å². The second-order valence-corrected chi connectivity index (χ2v) is 11.4. The number of hydrogen-bond acceptors (Lipinski definition) is 4. The van der Waals surface area contributed by atoms with Gasteiger partial charge in [-0.15, -0.1) is 0 Å². The summed E-state index contributed by atoms with van der Waals surface area (Å²) in [6, 6.07) is 6.19. The van der Waals surface area contributed by atoms with Crippen LogP contribution in [-0.4, -0.2) is 16.8 Å². The van der Waals surface area contributed by atoms with Crippen molar-refractivity contribution in [3.63, 3.8) is 0 Å². The van der Waals surface area contributed by atoms with Gasteiger partial charge in [0.05, 0.1) is 11.1 Å². The highest BCUT2D eigenvalue weighted by molar-refractivity contribution is 7.17. The Kier molecular flexibility index (Phi) is 4.50. The number of fused-ring (bicyclic) bond motifs is 1. The monoisotopic (exact) mass is 435 g/mol. The molecule has 0 unspecified atom stereocenters. The number of thiazole rings is 1. The fourth-order valence-electron chi connectivity index (χ4n) is 7.12. The van der Waals surface area contributed by atoms with Gasteiger partial charge in [0.25, 0.3) is 5.91 Å². The van der Waals surface area contributed by atoms with Gasteiger partial charge in [0.2, 0.25) is 5.91 Å². The van der Waals surface area contributed by atoms with Crippen LogP contribution in [-0.2, 0) is 17.6 Å². The second kappa shape index (κ2) is 7.16. The van der Waals surface area contributed by atoms with Gasteiger partial charge >= 0.3 is 0 Å². The first-order valence-electron chi connectivity index (χ1n) is 11.7. The number of aryl methyl sites for hydroxylation is 3. The molecule has 5 nitrogen and oxygen atoms in total. The molecule has 6 heteroatoms. The van der Waals surface area contributed by atoms with E-state index in [9.17, 15) is 9.59 Å². The first kappa shape index (κ1) is 19.5. The third-order valence-corrected chi connectivity index (χ3v) is 9.17. The van der Waals surface area contributed by atoms with Crippen molar-refractivity contribution in [1.29, 1.82) is 0 Å². The van der Waals surface area contributed by atoms with E-state index in [1.54, 1.807) is 0 Å². The number of benzene rings is 1. The molecule has 31 heavy (non-hydrogen) atoms. The Morgan fingerprint density at radius 3 is 2.39 bits per heavy atom. The molecule has 7 rings (SSSR count). The molecule has 0 spiro atoms. The lowest BCUT2D eigenvalue weighted by Crippen LogP contribution is -2.51. The Morgan fingerprint density at radius 1 is 1.00 bits per heavy atom. The Morgan fingerprint density at radius 2 is 1.68 bits per heavy atom. The highest BCUT2D eigenvalue weighted by Gasteiger charge is 2.54. The molecule has 5 aliphatic carbocycles. The maximum Gasteiger partial charge on any atom is 0.267 e. The molecule has 1 aromatic carbocycles. The summed E-state index contributed by atoms with van der Waals surface area (Å²) in [6.45, 7) is 1.84. The molecule has 5 aliphatic rings. The van der Waals surface area contributed by atoms with Gasteiger partial charge in [-0.25, -0.2) is 4.98 Å². The zero-order valence-corrected chi connectivity index (χ0v) is 18.8. The average molecular weight is 436 g/mol. The molecule has 162 valence electrons. The van der Waals surface area contributed by atoms with Crippen LogP contribution in [0.4, 0.5) is 10.8 Å². The minimum Gasteiger partial charge on any atom is -0.321 e. The molecule has 0 saturated heterocycles. The zero-order valence-electron chi connectivity index (χ0n) is 18.0. The number of carbonyl (C=O) groups is 2. The molecular weight excluding hydrogens is 406 g/mol. The van der Waals surface area contributed by atoms with Crippen molar-refractivity contribution < 1.29 is 9.59 Å². The number of carbonyl (C=O) groups excluding carboxylic acids is 2. The van der Waals surface area contributed by atoms with Crippen LogP contribution in [0.25, 0.3) is 0 Å². The largest absolute Gasteiger partial charge is 0.321 e. The molecule has 0 atom stereocenters. The number of rotatable bonds is 4. The SMILES string of the molecule is Cc1nc(NC(=O)C23CC4CC(CC(C4)C2)C3)sc1C(=O)Nc1ccc2c(c1)CCC2. The lowest BCUT2D eigenvalue weighted by Gasteiger charge is -2.55. The van der Waals surface area contributed by atoms with E-state index < -0.39 is 0 Å². The molecule has 2 N–H and O–H groups in total. The minimum atomic E-state index is -0.207. The van der Waals surface area contributed by atoms with Gasteiger partial charge in [0.1, 0.15) is 4.88 Å². The molecule has 2 amide bonds. The number of nitrogens with one attached hydrogen (secondary N) is 2. The third kappa shape index (κ3) is 3.39. The number of hydrogen-bond donors (Lipinski definition) is 2. The van der Waals surface area contributed by atoms with Gasteiger partial charge in [0.15, 0.2) is 5.13 Å². The number of nitrogens with zero attached hydrogens (tertiary/aromatic N) is 1. The lowest BCUT2D eigenvalue weighted by atomic mass is 9.49. The van der Waals surface area contributed by atoms with Crippen molar-refractivity contribution in [3.05, 3.63) is 39.9 Å². The summed E-state index contributed by atoms with van der Waals surface area (Å²) in [5, 5.41) is 6.68. The summed E-state index contributed by atoms with van der Waals surface area (Å²) in [5.74, 6) is 2.16. The number of amides is 2. The molecule has 0 radical (unpaired) electrons. The Labute approximate surface area is 187 Å². The summed E-state index contributed by atoms with van der Waals surface area (Å²) in [5.41, 5.74) is 4.02. The van der Waals surface area contributed by atoms with Crippen LogP contribution in [0.1, 0.15) is 71.4 Å². The van der Waals surface area contributed by atoms with E-state index in [4.69, 9.17) is 0 Å². The highest BCUT2D eigenvalue weighted by atomic mass is 32.1. The normalized spacial score (nSPS) is 30.3. The van der Waals surface area contributed by atoms with Crippen LogP contribution in [0.2, 0.25) is 0 Å². The topological polar surface area (TPSA) is 71.1 Å².